The molecule has 6 nitrogen and oxygen atoms in total. The third-order valence-electron chi connectivity index (χ3n) is 1.73. The molecule has 0 saturated carbocycles. The number of aromatic nitrogens is 1. The summed E-state index contributed by atoms with van der Waals surface area (Å²) in [5, 5.41) is 0. The minimum atomic E-state index is -3.99. The van der Waals surface area contributed by atoms with Gasteiger partial charge in [-0.25, -0.2) is 0 Å². The van der Waals surface area contributed by atoms with Crippen molar-refractivity contribution in [1.29, 1.82) is 0 Å². The molecule has 1 aromatic rings. The second-order valence-corrected chi connectivity index (χ2v) is 4.52. The van der Waals surface area contributed by atoms with Gasteiger partial charge in [-0.2, -0.15) is 8.42 Å². The summed E-state index contributed by atoms with van der Waals surface area (Å²) in [6, 6.07) is 2.95. The van der Waals surface area contributed by atoms with Gasteiger partial charge in [0.15, 0.2) is 0 Å². The molecule has 0 aliphatic heterocycles. The smallest absolute Gasteiger partial charge is 0.267 e. The van der Waals surface area contributed by atoms with Crippen LogP contribution in [-0.2, 0) is 16.5 Å². The molecule has 1 rings (SSSR count). The van der Waals surface area contributed by atoms with E-state index in [1.54, 1.807) is 6.07 Å². The van der Waals surface area contributed by atoms with Crippen molar-refractivity contribution in [1.82, 2.24) is 4.98 Å². The number of primary amides is 1. The second-order valence-electron chi connectivity index (χ2n) is 2.95. The Labute approximate surface area is 86.9 Å². The lowest BCUT2D eigenvalue weighted by Gasteiger charge is -2.00. The lowest BCUT2D eigenvalue weighted by molar-refractivity contribution is 0.0995. The summed E-state index contributed by atoms with van der Waals surface area (Å²) in [7, 11) is -3.99. The summed E-state index contributed by atoms with van der Waals surface area (Å²) in [5.74, 6) is -1.07. The average Bonchev–Trinajstić information content (AvgIpc) is 2.14. The van der Waals surface area contributed by atoms with Gasteiger partial charge in [0.2, 0.25) is 0 Å². The summed E-state index contributed by atoms with van der Waals surface area (Å²) in [4.78, 5) is 14.4. The Morgan fingerprint density at radius 2 is 2.20 bits per heavy atom. The number of carbonyl (C=O) groups is 1. The molecule has 82 valence electrons. The van der Waals surface area contributed by atoms with Crippen LogP contribution in [0.25, 0.3) is 0 Å². The highest BCUT2D eigenvalue weighted by Gasteiger charge is 2.07. The van der Waals surface area contributed by atoms with Crippen LogP contribution in [0.1, 0.15) is 16.1 Å². The van der Waals surface area contributed by atoms with Gasteiger partial charge in [0.1, 0.15) is 5.69 Å². The zero-order valence-corrected chi connectivity index (χ0v) is 8.57. The molecule has 0 radical (unpaired) electrons. The lowest BCUT2D eigenvalue weighted by atomic mass is 10.2. The molecule has 1 amide bonds. The van der Waals surface area contributed by atoms with E-state index >= 15 is 0 Å². The molecule has 1 heterocycles. The van der Waals surface area contributed by atoms with E-state index < -0.39 is 21.8 Å². The monoisotopic (exact) mass is 230 g/mol. The van der Waals surface area contributed by atoms with E-state index in [4.69, 9.17) is 10.3 Å². The van der Waals surface area contributed by atoms with Crippen molar-refractivity contribution in [2.24, 2.45) is 5.73 Å². The van der Waals surface area contributed by atoms with Gasteiger partial charge in [0.25, 0.3) is 16.0 Å². The fraction of sp³-hybridized carbons (Fsp3) is 0.250. The summed E-state index contributed by atoms with van der Waals surface area (Å²) < 4.78 is 29.5. The first-order valence-corrected chi connectivity index (χ1v) is 5.69. The number of amides is 1. The predicted molar refractivity (Wildman–Crippen MR) is 52.9 cm³/mol. The third-order valence-corrected chi connectivity index (χ3v) is 2.45. The van der Waals surface area contributed by atoms with E-state index in [0.29, 0.717) is 5.56 Å². The zero-order valence-electron chi connectivity index (χ0n) is 7.75. The number of nitrogens with zero attached hydrogens (tertiary/aromatic N) is 1. The molecular weight excluding hydrogens is 220 g/mol. The standard InChI is InChI=1S/C8H10N2O4S/c9-8(11)7-5-6(1-3-10-7)2-4-15(12,13)14/h1,3,5H,2,4H2,(H2,9,11)(H,12,13,14). The van der Waals surface area contributed by atoms with E-state index in [1.165, 1.54) is 12.3 Å². The van der Waals surface area contributed by atoms with Crippen LogP contribution in [0, 0.1) is 0 Å². The van der Waals surface area contributed by atoms with Crippen molar-refractivity contribution in [2.45, 2.75) is 6.42 Å². The predicted octanol–water partition coefficient (Wildman–Crippen LogP) is -0.389. The van der Waals surface area contributed by atoms with Gasteiger partial charge in [-0.3, -0.25) is 14.3 Å². The van der Waals surface area contributed by atoms with E-state index in [0.717, 1.165) is 0 Å². The Kier molecular flexibility index (Phi) is 3.38. The molecule has 1 aromatic heterocycles. The number of hydrogen-bond donors (Lipinski definition) is 2. The van der Waals surface area contributed by atoms with Crippen molar-refractivity contribution in [3.05, 3.63) is 29.6 Å². The Morgan fingerprint density at radius 3 is 2.73 bits per heavy atom. The molecule has 0 atom stereocenters. The van der Waals surface area contributed by atoms with Gasteiger partial charge >= 0.3 is 0 Å². The highest BCUT2D eigenvalue weighted by molar-refractivity contribution is 7.85. The minimum Gasteiger partial charge on any atom is -0.364 e. The van der Waals surface area contributed by atoms with Gasteiger partial charge in [0, 0.05) is 6.20 Å². The fourth-order valence-corrected chi connectivity index (χ4v) is 1.51. The molecular formula is C8H10N2O4S. The first-order chi connectivity index (χ1) is 6.88. The van der Waals surface area contributed by atoms with Crippen molar-refractivity contribution in [3.8, 4) is 0 Å². The Morgan fingerprint density at radius 1 is 1.53 bits per heavy atom. The Balaban J connectivity index is 2.79. The maximum absolute atomic E-state index is 10.7. The summed E-state index contributed by atoms with van der Waals surface area (Å²) >= 11 is 0. The Hall–Kier alpha value is -1.47. The first kappa shape index (κ1) is 11.6. The third kappa shape index (κ3) is 4.05. The lowest BCUT2D eigenvalue weighted by Crippen LogP contribution is -2.14. The molecule has 15 heavy (non-hydrogen) atoms. The van der Waals surface area contributed by atoms with E-state index in [-0.39, 0.29) is 12.1 Å². The maximum Gasteiger partial charge on any atom is 0.267 e. The number of hydrogen-bond acceptors (Lipinski definition) is 4. The van der Waals surface area contributed by atoms with E-state index in [9.17, 15) is 13.2 Å². The number of aryl methyl sites for hydroxylation is 1. The van der Waals surface area contributed by atoms with E-state index in [2.05, 4.69) is 4.98 Å². The quantitative estimate of drug-likeness (QED) is 0.684. The van der Waals surface area contributed by atoms with Crippen LogP contribution < -0.4 is 5.73 Å². The molecule has 3 N–H and O–H groups in total. The van der Waals surface area contributed by atoms with Crippen LogP contribution in [-0.4, -0.2) is 29.6 Å². The van der Waals surface area contributed by atoms with Gasteiger partial charge in [-0.1, -0.05) is 0 Å². The van der Waals surface area contributed by atoms with Crippen LogP contribution in [0.2, 0.25) is 0 Å². The summed E-state index contributed by atoms with van der Waals surface area (Å²) in [6.45, 7) is 0. The summed E-state index contributed by atoms with van der Waals surface area (Å²) in [6.07, 6.45) is 1.47. The highest BCUT2D eigenvalue weighted by Crippen LogP contribution is 2.03. The molecule has 0 aromatic carbocycles. The van der Waals surface area contributed by atoms with Gasteiger partial charge in [-0.05, 0) is 24.1 Å². The SMILES string of the molecule is NC(=O)c1cc(CCS(=O)(=O)O)ccn1. The van der Waals surface area contributed by atoms with Crippen molar-refractivity contribution in [2.75, 3.05) is 5.75 Å². The van der Waals surface area contributed by atoms with Gasteiger partial charge < -0.3 is 5.73 Å². The highest BCUT2D eigenvalue weighted by atomic mass is 32.2. The minimum absolute atomic E-state index is 0.0721. The van der Waals surface area contributed by atoms with Crippen molar-refractivity contribution < 1.29 is 17.8 Å². The molecule has 0 aliphatic rings. The van der Waals surface area contributed by atoms with Crippen LogP contribution in [0.3, 0.4) is 0 Å². The zero-order chi connectivity index (χ0) is 11.5. The van der Waals surface area contributed by atoms with Gasteiger partial charge in [-0.15, -0.1) is 0 Å². The van der Waals surface area contributed by atoms with Crippen molar-refractivity contribution >= 4 is 16.0 Å². The number of pyridine rings is 1. The van der Waals surface area contributed by atoms with Gasteiger partial charge in [0.05, 0.1) is 5.75 Å². The van der Waals surface area contributed by atoms with Crippen LogP contribution in [0.4, 0.5) is 0 Å². The largest absolute Gasteiger partial charge is 0.364 e. The maximum atomic E-state index is 10.7. The van der Waals surface area contributed by atoms with E-state index in [1.807, 2.05) is 0 Å². The first-order valence-electron chi connectivity index (χ1n) is 4.08. The van der Waals surface area contributed by atoms with Crippen LogP contribution in [0.15, 0.2) is 18.3 Å². The number of carbonyl (C=O) groups excluding carboxylic acids is 1. The summed E-state index contributed by atoms with van der Waals surface area (Å²) in [5.41, 5.74) is 5.65. The average molecular weight is 230 g/mol. The molecule has 0 spiro atoms. The molecule has 7 heteroatoms. The number of nitrogens with two attached hydrogens (primary N) is 1. The molecule has 0 bridgehead atoms. The molecule has 0 aliphatic carbocycles. The molecule has 0 unspecified atom stereocenters. The topological polar surface area (TPSA) is 110 Å². The fourth-order valence-electron chi connectivity index (χ4n) is 1.01. The second kappa shape index (κ2) is 4.37. The van der Waals surface area contributed by atoms with Crippen LogP contribution >= 0.6 is 0 Å². The Bertz CT molecular complexity index is 469. The molecule has 0 fully saturated rings. The van der Waals surface area contributed by atoms with Crippen molar-refractivity contribution in [3.63, 3.8) is 0 Å². The number of rotatable bonds is 4. The van der Waals surface area contributed by atoms with Crippen LogP contribution in [0.5, 0.6) is 0 Å². The molecule has 0 saturated heterocycles. The normalized spacial score (nSPS) is 11.3.